The van der Waals surface area contributed by atoms with Gasteiger partial charge in [-0.3, -0.25) is 4.79 Å². The van der Waals surface area contributed by atoms with Crippen molar-refractivity contribution in [1.29, 1.82) is 0 Å². The lowest BCUT2D eigenvalue weighted by atomic mass is 10.1. The summed E-state index contributed by atoms with van der Waals surface area (Å²) in [6.07, 6.45) is 4.76. The van der Waals surface area contributed by atoms with Crippen LogP contribution in [0, 0.1) is 5.92 Å². The summed E-state index contributed by atoms with van der Waals surface area (Å²) in [7, 11) is 0. The lowest BCUT2D eigenvalue weighted by molar-refractivity contribution is -0.133. The molecule has 0 aromatic rings. The second-order valence-electron chi connectivity index (χ2n) is 4.77. The molecule has 86 valence electrons. The molecule has 1 saturated heterocycles. The normalized spacial score (nSPS) is 28.1. The number of nitrogens with two attached hydrogens (primary N) is 1. The topological polar surface area (TPSA) is 66.6 Å². The number of likely N-dealkylation sites (tertiary alicyclic amines) is 1. The first kappa shape index (κ1) is 10.9. The third kappa shape index (κ3) is 2.49. The van der Waals surface area contributed by atoms with Gasteiger partial charge in [0.15, 0.2) is 0 Å². The zero-order chi connectivity index (χ0) is 10.8. The summed E-state index contributed by atoms with van der Waals surface area (Å²) in [5.74, 6) is 0.704. The van der Waals surface area contributed by atoms with Crippen LogP contribution >= 0.6 is 0 Å². The van der Waals surface area contributed by atoms with Crippen LogP contribution in [0.2, 0.25) is 0 Å². The average Bonchev–Trinajstić information content (AvgIpc) is 2.96. The zero-order valence-corrected chi connectivity index (χ0v) is 9.06. The molecule has 1 amide bonds. The quantitative estimate of drug-likeness (QED) is 0.694. The number of aliphatic hydroxyl groups excluding tert-OH is 1. The number of nitrogens with zero attached hydrogens (tertiary/aromatic N) is 1. The zero-order valence-electron chi connectivity index (χ0n) is 9.06. The third-order valence-corrected chi connectivity index (χ3v) is 3.55. The Morgan fingerprint density at radius 2 is 2.20 bits per heavy atom. The van der Waals surface area contributed by atoms with E-state index in [1.165, 1.54) is 12.8 Å². The Morgan fingerprint density at radius 3 is 2.80 bits per heavy atom. The van der Waals surface area contributed by atoms with Gasteiger partial charge >= 0.3 is 0 Å². The molecule has 4 nitrogen and oxygen atoms in total. The highest BCUT2D eigenvalue weighted by Gasteiger charge is 2.33. The Balaban J connectivity index is 1.83. The highest BCUT2D eigenvalue weighted by molar-refractivity contribution is 5.77. The summed E-state index contributed by atoms with van der Waals surface area (Å²) in [4.78, 5) is 13.7. The van der Waals surface area contributed by atoms with Crippen LogP contribution in [0.3, 0.4) is 0 Å². The average molecular weight is 212 g/mol. The third-order valence-electron chi connectivity index (χ3n) is 3.55. The summed E-state index contributed by atoms with van der Waals surface area (Å²) in [5, 5.41) is 9.12. The van der Waals surface area contributed by atoms with Gasteiger partial charge in [-0.1, -0.05) is 0 Å². The molecule has 2 aliphatic rings. The van der Waals surface area contributed by atoms with Gasteiger partial charge < -0.3 is 15.7 Å². The largest absolute Gasteiger partial charge is 0.394 e. The van der Waals surface area contributed by atoms with Crippen molar-refractivity contribution in [2.45, 2.75) is 44.2 Å². The summed E-state index contributed by atoms with van der Waals surface area (Å²) < 4.78 is 0. The minimum Gasteiger partial charge on any atom is -0.394 e. The van der Waals surface area contributed by atoms with E-state index in [1.54, 1.807) is 0 Å². The van der Waals surface area contributed by atoms with Crippen LogP contribution in [0.5, 0.6) is 0 Å². The van der Waals surface area contributed by atoms with E-state index in [4.69, 9.17) is 10.8 Å². The minimum absolute atomic E-state index is 0.0393. The lowest BCUT2D eigenvalue weighted by Gasteiger charge is -2.24. The standard InChI is InChI=1S/C11H20N2O2/c12-10(8-3-4-8)6-11(15)13-5-1-2-9(13)7-14/h8-10,14H,1-7,12H2/t9-,10?/m1/s1. The summed E-state index contributed by atoms with van der Waals surface area (Å²) in [6.45, 7) is 0.881. The smallest absolute Gasteiger partial charge is 0.224 e. The number of hydrogen-bond acceptors (Lipinski definition) is 3. The van der Waals surface area contributed by atoms with Crippen molar-refractivity contribution in [2.24, 2.45) is 11.7 Å². The molecule has 3 N–H and O–H groups in total. The second-order valence-corrected chi connectivity index (χ2v) is 4.77. The molecular formula is C11H20N2O2. The van der Waals surface area contributed by atoms with Gasteiger partial charge in [0.25, 0.3) is 0 Å². The van der Waals surface area contributed by atoms with Crippen LogP contribution in [0.25, 0.3) is 0 Å². The fourth-order valence-corrected chi connectivity index (χ4v) is 2.36. The molecule has 2 fully saturated rings. The van der Waals surface area contributed by atoms with Crippen LogP contribution in [-0.4, -0.2) is 41.1 Å². The number of carbonyl (C=O) groups is 1. The number of rotatable bonds is 4. The Kier molecular flexibility index (Phi) is 3.26. The van der Waals surface area contributed by atoms with E-state index in [1.807, 2.05) is 4.90 Å². The number of aliphatic hydroxyl groups is 1. The van der Waals surface area contributed by atoms with Crippen LogP contribution in [0.1, 0.15) is 32.1 Å². The van der Waals surface area contributed by atoms with E-state index in [-0.39, 0.29) is 24.6 Å². The molecule has 0 aromatic heterocycles. The molecule has 0 spiro atoms. The summed E-state index contributed by atoms with van der Waals surface area (Å²) in [6, 6.07) is 0.0846. The first-order chi connectivity index (χ1) is 7.22. The maximum Gasteiger partial charge on any atom is 0.224 e. The minimum atomic E-state index is 0.0393. The molecule has 0 aromatic carbocycles. The van der Waals surface area contributed by atoms with E-state index >= 15 is 0 Å². The molecule has 0 bridgehead atoms. The van der Waals surface area contributed by atoms with Gasteiger partial charge in [-0.2, -0.15) is 0 Å². The van der Waals surface area contributed by atoms with Gasteiger partial charge in [-0.05, 0) is 31.6 Å². The fourth-order valence-electron chi connectivity index (χ4n) is 2.36. The Bertz CT molecular complexity index is 241. The van der Waals surface area contributed by atoms with Crippen molar-refractivity contribution in [3.8, 4) is 0 Å². The maximum absolute atomic E-state index is 11.9. The predicted molar refractivity (Wildman–Crippen MR) is 57.1 cm³/mol. The van der Waals surface area contributed by atoms with Crippen molar-refractivity contribution >= 4 is 5.91 Å². The monoisotopic (exact) mass is 212 g/mol. The lowest BCUT2D eigenvalue weighted by Crippen LogP contribution is -2.41. The number of hydrogen-bond donors (Lipinski definition) is 2. The Labute approximate surface area is 90.4 Å². The summed E-state index contributed by atoms with van der Waals surface area (Å²) >= 11 is 0. The van der Waals surface area contributed by atoms with Crippen LogP contribution < -0.4 is 5.73 Å². The second kappa shape index (κ2) is 4.49. The molecule has 1 heterocycles. The molecule has 1 aliphatic carbocycles. The fraction of sp³-hybridized carbons (Fsp3) is 0.909. The molecule has 1 aliphatic heterocycles. The number of carbonyl (C=O) groups excluding carboxylic acids is 1. The highest BCUT2D eigenvalue weighted by atomic mass is 16.3. The van der Waals surface area contributed by atoms with Crippen molar-refractivity contribution in [3.63, 3.8) is 0 Å². The summed E-state index contributed by atoms with van der Waals surface area (Å²) in [5.41, 5.74) is 5.92. The van der Waals surface area contributed by atoms with E-state index in [0.717, 1.165) is 19.4 Å². The van der Waals surface area contributed by atoms with Gasteiger partial charge in [0, 0.05) is 19.0 Å². The van der Waals surface area contributed by atoms with Crippen LogP contribution in [0.15, 0.2) is 0 Å². The molecule has 4 heteroatoms. The molecule has 2 atom stereocenters. The van der Waals surface area contributed by atoms with Crippen molar-refractivity contribution in [1.82, 2.24) is 4.90 Å². The molecular weight excluding hydrogens is 192 g/mol. The van der Waals surface area contributed by atoms with Crippen molar-refractivity contribution in [3.05, 3.63) is 0 Å². The molecule has 2 rings (SSSR count). The van der Waals surface area contributed by atoms with Crippen LogP contribution in [0.4, 0.5) is 0 Å². The number of amides is 1. The van der Waals surface area contributed by atoms with E-state index < -0.39 is 0 Å². The van der Waals surface area contributed by atoms with Gasteiger partial charge in [0.05, 0.1) is 12.6 Å². The van der Waals surface area contributed by atoms with E-state index in [9.17, 15) is 4.79 Å². The van der Waals surface area contributed by atoms with Crippen molar-refractivity contribution in [2.75, 3.05) is 13.2 Å². The highest BCUT2D eigenvalue weighted by Crippen LogP contribution is 2.33. The Hall–Kier alpha value is -0.610. The van der Waals surface area contributed by atoms with Gasteiger partial charge in [0.1, 0.15) is 0 Å². The van der Waals surface area contributed by atoms with Crippen molar-refractivity contribution < 1.29 is 9.90 Å². The molecule has 1 saturated carbocycles. The SMILES string of the molecule is NC(CC(=O)N1CCC[C@@H]1CO)C1CC1. The first-order valence-electron chi connectivity index (χ1n) is 5.88. The van der Waals surface area contributed by atoms with E-state index in [0.29, 0.717) is 12.3 Å². The molecule has 0 radical (unpaired) electrons. The molecule has 15 heavy (non-hydrogen) atoms. The Morgan fingerprint density at radius 1 is 1.47 bits per heavy atom. The maximum atomic E-state index is 11.9. The molecule has 1 unspecified atom stereocenters. The van der Waals surface area contributed by atoms with Gasteiger partial charge in [-0.15, -0.1) is 0 Å². The van der Waals surface area contributed by atoms with Gasteiger partial charge in [-0.25, -0.2) is 0 Å². The van der Waals surface area contributed by atoms with Crippen LogP contribution in [-0.2, 0) is 4.79 Å². The van der Waals surface area contributed by atoms with Gasteiger partial charge in [0.2, 0.25) is 5.91 Å². The predicted octanol–water partition coefficient (Wildman–Crippen LogP) is 0.0971. The first-order valence-corrected chi connectivity index (χ1v) is 5.88. The van der Waals surface area contributed by atoms with E-state index in [2.05, 4.69) is 0 Å².